The number of carbonyl (C=O) groups is 1. The monoisotopic (exact) mass is 263 g/mol. The smallest absolute Gasteiger partial charge is 0.242 e. The predicted octanol–water partition coefficient (Wildman–Crippen LogP) is 1.87. The van der Waals surface area contributed by atoms with E-state index in [0.29, 0.717) is 5.92 Å². The van der Waals surface area contributed by atoms with Gasteiger partial charge in [0.05, 0.1) is 6.07 Å². The second kappa shape index (κ2) is 5.92. The summed E-state index contributed by atoms with van der Waals surface area (Å²) >= 11 is 0. The van der Waals surface area contributed by atoms with Crippen molar-refractivity contribution in [2.45, 2.75) is 38.5 Å². The first-order valence-corrected chi connectivity index (χ1v) is 7.43. The van der Waals surface area contributed by atoms with Gasteiger partial charge in [-0.25, -0.2) is 0 Å². The molecule has 2 fully saturated rings. The molecule has 0 N–H and O–H groups in total. The summed E-state index contributed by atoms with van der Waals surface area (Å²) in [6.45, 7) is 2.99. The molecule has 1 amide bonds. The summed E-state index contributed by atoms with van der Waals surface area (Å²) in [4.78, 5) is 16.7. The molecule has 106 valence electrons. The molecule has 2 aliphatic rings. The molecular formula is C15H25N3O. The predicted molar refractivity (Wildman–Crippen MR) is 74.4 cm³/mol. The molecule has 4 heteroatoms. The summed E-state index contributed by atoms with van der Waals surface area (Å²) in [5, 5.41) is 9.46. The Bertz CT molecular complexity index is 368. The van der Waals surface area contributed by atoms with E-state index in [9.17, 15) is 10.1 Å². The third kappa shape index (κ3) is 3.09. The molecule has 1 heterocycles. The average molecular weight is 263 g/mol. The van der Waals surface area contributed by atoms with Crippen LogP contribution in [0, 0.1) is 22.7 Å². The van der Waals surface area contributed by atoms with E-state index in [0.717, 1.165) is 58.2 Å². The van der Waals surface area contributed by atoms with E-state index in [1.165, 1.54) is 0 Å². The average Bonchev–Trinajstić information content (AvgIpc) is 2.84. The Balaban J connectivity index is 1.95. The Morgan fingerprint density at radius 3 is 2.63 bits per heavy atom. The second-order valence-corrected chi connectivity index (χ2v) is 6.36. The van der Waals surface area contributed by atoms with E-state index < -0.39 is 5.41 Å². The van der Waals surface area contributed by atoms with E-state index in [1.54, 1.807) is 0 Å². The molecular weight excluding hydrogens is 238 g/mol. The first-order chi connectivity index (χ1) is 9.07. The van der Waals surface area contributed by atoms with Gasteiger partial charge >= 0.3 is 0 Å². The van der Waals surface area contributed by atoms with Crippen LogP contribution in [0.25, 0.3) is 0 Å². The van der Waals surface area contributed by atoms with E-state index in [4.69, 9.17) is 0 Å². The summed E-state index contributed by atoms with van der Waals surface area (Å²) in [5.74, 6) is 0.627. The van der Waals surface area contributed by atoms with Crippen LogP contribution in [0.2, 0.25) is 0 Å². The van der Waals surface area contributed by atoms with Gasteiger partial charge in [-0.05, 0) is 38.8 Å². The van der Waals surface area contributed by atoms with Crippen molar-refractivity contribution in [2.24, 2.45) is 11.3 Å². The van der Waals surface area contributed by atoms with Crippen LogP contribution >= 0.6 is 0 Å². The van der Waals surface area contributed by atoms with Gasteiger partial charge in [-0.2, -0.15) is 5.26 Å². The third-order valence-corrected chi connectivity index (χ3v) is 4.70. The number of rotatable bonds is 3. The van der Waals surface area contributed by atoms with E-state index in [1.807, 2.05) is 11.9 Å². The number of hydrogen-bond donors (Lipinski definition) is 0. The molecule has 4 nitrogen and oxygen atoms in total. The minimum Gasteiger partial charge on any atom is -0.344 e. The number of nitrogens with zero attached hydrogens (tertiary/aromatic N) is 3. The van der Waals surface area contributed by atoms with E-state index in [-0.39, 0.29) is 5.91 Å². The molecule has 0 bridgehead atoms. The number of hydrogen-bond acceptors (Lipinski definition) is 3. The van der Waals surface area contributed by atoms with Gasteiger partial charge in [-0.1, -0.05) is 19.3 Å². The van der Waals surface area contributed by atoms with Crippen molar-refractivity contribution < 1.29 is 4.79 Å². The SMILES string of the molecule is CN1CC[C@@H](CN(C)C(=O)C2(C#N)CCCCC2)C1. The highest BCUT2D eigenvalue weighted by Crippen LogP contribution is 2.37. The fourth-order valence-corrected chi connectivity index (χ4v) is 3.54. The molecule has 0 unspecified atom stereocenters. The Hall–Kier alpha value is -1.08. The normalized spacial score (nSPS) is 26.9. The largest absolute Gasteiger partial charge is 0.344 e. The van der Waals surface area contributed by atoms with Crippen LogP contribution in [0.4, 0.5) is 0 Å². The first kappa shape index (κ1) is 14.3. The maximum Gasteiger partial charge on any atom is 0.242 e. The topological polar surface area (TPSA) is 47.3 Å². The molecule has 1 aliphatic heterocycles. The van der Waals surface area contributed by atoms with Gasteiger partial charge in [0.1, 0.15) is 5.41 Å². The van der Waals surface area contributed by atoms with Gasteiger partial charge in [0.15, 0.2) is 0 Å². The van der Waals surface area contributed by atoms with E-state index in [2.05, 4.69) is 18.0 Å². The fourth-order valence-electron chi connectivity index (χ4n) is 3.54. The van der Waals surface area contributed by atoms with Crippen LogP contribution in [0.3, 0.4) is 0 Å². The molecule has 1 saturated carbocycles. The van der Waals surface area contributed by atoms with Gasteiger partial charge in [-0.15, -0.1) is 0 Å². The highest BCUT2D eigenvalue weighted by Gasteiger charge is 2.42. The molecule has 2 rings (SSSR count). The van der Waals surface area contributed by atoms with Gasteiger partial charge < -0.3 is 9.80 Å². The molecule has 0 aromatic carbocycles. The zero-order valence-electron chi connectivity index (χ0n) is 12.2. The Labute approximate surface area is 116 Å². The van der Waals surface area contributed by atoms with Crippen molar-refractivity contribution in [1.82, 2.24) is 9.80 Å². The molecule has 0 aromatic heterocycles. The lowest BCUT2D eigenvalue weighted by molar-refractivity contribution is -0.139. The Morgan fingerprint density at radius 2 is 2.11 bits per heavy atom. The van der Waals surface area contributed by atoms with Crippen LogP contribution in [-0.2, 0) is 4.79 Å². The van der Waals surface area contributed by atoms with Crippen LogP contribution in [0.15, 0.2) is 0 Å². The van der Waals surface area contributed by atoms with Crippen molar-refractivity contribution in [1.29, 1.82) is 5.26 Å². The molecule has 1 saturated heterocycles. The van der Waals surface area contributed by atoms with Crippen molar-refractivity contribution >= 4 is 5.91 Å². The van der Waals surface area contributed by atoms with Gasteiger partial charge in [0.2, 0.25) is 5.91 Å². The minimum absolute atomic E-state index is 0.0595. The molecule has 1 atom stereocenters. The summed E-state index contributed by atoms with van der Waals surface area (Å²) in [6, 6.07) is 2.33. The highest BCUT2D eigenvalue weighted by molar-refractivity contribution is 5.85. The number of carbonyl (C=O) groups excluding carboxylic acids is 1. The lowest BCUT2D eigenvalue weighted by Crippen LogP contribution is -2.44. The van der Waals surface area contributed by atoms with Crippen LogP contribution in [0.5, 0.6) is 0 Å². The summed E-state index contributed by atoms with van der Waals surface area (Å²) in [7, 11) is 3.99. The zero-order valence-corrected chi connectivity index (χ0v) is 12.2. The van der Waals surface area contributed by atoms with E-state index >= 15 is 0 Å². The summed E-state index contributed by atoms with van der Waals surface area (Å²) < 4.78 is 0. The van der Waals surface area contributed by atoms with Crippen molar-refractivity contribution in [3.8, 4) is 6.07 Å². The molecule has 19 heavy (non-hydrogen) atoms. The van der Waals surface area contributed by atoms with Crippen molar-refractivity contribution in [2.75, 3.05) is 33.7 Å². The van der Waals surface area contributed by atoms with Gasteiger partial charge in [0, 0.05) is 20.1 Å². The molecule has 0 radical (unpaired) electrons. The Kier molecular flexibility index (Phi) is 4.46. The van der Waals surface area contributed by atoms with Crippen LogP contribution in [0.1, 0.15) is 38.5 Å². The maximum absolute atomic E-state index is 12.6. The zero-order chi connectivity index (χ0) is 13.9. The van der Waals surface area contributed by atoms with Crippen molar-refractivity contribution in [3.63, 3.8) is 0 Å². The van der Waals surface area contributed by atoms with Gasteiger partial charge in [-0.3, -0.25) is 4.79 Å². The highest BCUT2D eigenvalue weighted by atomic mass is 16.2. The number of nitriles is 1. The maximum atomic E-state index is 12.6. The van der Waals surface area contributed by atoms with Crippen LogP contribution in [-0.4, -0.2) is 49.4 Å². The van der Waals surface area contributed by atoms with Gasteiger partial charge in [0.25, 0.3) is 0 Å². The summed E-state index contributed by atoms with van der Waals surface area (Å²) in [5.41, 5.74) is -0.725. The third-order valence-electron chi connectivity index (χ3n) is 4.70. The molecule has 0 aromatic rings. The first-order valence-electron chi connectivity index (χ1n) is 7.43. The molecule has 0 spiro atoms. The Morgan fingerprint density at radius 1 is 1.42 bits per heavy atom. The number of amides is 1. The van der Waals surface area contributed by atoms with Crippen molar-refractivity contribution in [3.05, 3.63) is 0 Å². The second-order valence-electron chi connectivity index (χ2n) is 6.36. The number of likely N-dealkylation sites (tertiary alicyclic amines) is 1. The lowest BCUT2D eigenvalue weighted by Gasteiger charge is -2.34. The standard InChI is InChI=1S/C15H25N3O/c1-17-9-6-13(10-17)11-18(2)14(19)15(12-16)7-4-3-5-8-15/h13H,3-11H2,1-2H3/t13-/m1/s1. The minimum atomic E-state index is -0.725. The lowest BCUT2D eigenvalue weighted by atomic mass is 9.74. The fraction of sp³-hybridized carbons (Fsp3) is 0.867. The van der Waals surface area contributed by atoms with Crippen LogP contribution < -0.4 is 0 Å². The summed E-state index contributed by atoms with van der Waals surface area (Å²) in [6.07, 6.45) is 5.84. The quantitative estimate of drug-likeness (QED) is 0.781. The molecule has 1 aliphatic carbocycles.